The number of hydrogen-bond acceptors (Lipinski definition) is 3. The average molecular weight is 232 g/mol. The van der Waals surface area contributed by atoms with Gasteiger partial charge in [-0.3, -0.25) is 0 Å². The Bertz CT molecular complexity index is 337. The molecule has 76 valence electrons. The maximum atomic E-state index is 10.7. The maximum absolute atomic E-state index is 10.7. The van der Waals surface area contributed by atoms with E-state index in [1.807, 2.05) is 6.92 Å². The van der Waals surface area contributed by atoms with E-state index in [2.05, 4.69) is 0 Å². The Balaban J connectivity index is 0.00000196. The molecule has 0 aromatic heterocycles. The number of phenols is 1. The molecule has 4 heteroatoms. The van der Waals surface area contributed by atoms with Crippen molar-refractivity contribution in [1.82, 2.24) is 0 Å². The standard InChI is InChI=1S/C11H14O3.K/c1-2-3-4-8-7-9(12)5-6-10(8)11(13)14;/h5-7,12H,2-4H2,1H3,(H,13,14);/q;+1/p-1. The monoisotopic (exact) mass is 232 g/mol. The van der Waals surface area contributed by atoms with E-state index >= 15 is 0 Å². The Labute approximate surface area is 132 Å². The molecular weight excluding hydrogens is 219 g/mol. The molecule has 0 radical (unpaired) electrons. The number of carbonyl (C=O) groups excluding carboxylic acids is 1. The van der Waals surface area contributed by atoms with Crippen LogP contribution < -0.4 is 56.5 Å². The largest absolute Gasteiger partial charge is 1.00 e. The zero-order valence-corrected chi connectivity index (χ0v) is 12.2. The van der Waals surface area contributed by atoms with Gasteiger partial charge in [-0.05, 0) is 36.6 Å². The average Bonchev–Trinajstić information content (AvgIpc) is 2.14. The predicted octanol–water partition coefficient (Wildman–Crippen LogP) is -1.90. The Hall–Kier alpha value is 0.126. The van der Waals surface area contributed by atoms with Gasteiger partial charge in [0.15, 0.2) is 0 Å². The molecule has 1 N–H and O–H groups in total. The van der Waals surface area contributed by atoms with Gasteiger partial charge < -0.3 is 15.0 Å². The molecule has 1 rings (SSSR count). The first kappa shape index (κ1) is 15.1. The third-order valence-electron chi connectivity index (χ3n) is 2.11. The molecule has 0 aliphatic rings. The van der Waals surface area contributed by atoms with Crippen LogP contribution in [-0.4, -0.2) is 11.1 Å². The van der Waals surface area contributed by atoms with Crippen LogP contribution in [-0.2, 0) is 6.42 Å². The van der Waals surface area contributed by atoms with Gasteiger partial charge in [-0.1, -0.05) is 13.3 Å². The van der Waals surface area contributed by atoms with E-state index < -0.39 is 5.97 Å². The number of aromatic carboxylic acids is 1. The number of phenolic OH excluding ortho intramolecular Hbond substituents is 1. The van der Waals surface area contributed by atoms with Crippen LogP contribution in [0.4, 0.5) is 0 Å². The van der Waals surface area contributed by atoms with Crippen LogP contribution in [0.2, 0.25) is 0 Å². The number of aryl methyl sites for hydroxylation is 1. The van der Waals surface area contributed by atoms with Crippen LogP contribution in [0.3, 0.4) is 0 Å². The summed E-state index contributed by atoms with van der Waals surface area (Å²) in [6.07, 6.45) is 2.56. The summed E-state index contributed by atoms with van der Waals surface area (Å²) >= 11 is 0. The van der Waals surface area contributed by atoms with Gasteiger partial charge >= 0.3 is 51.4 Å². The summed E-state index contributed by atoms with van der Waals surface area (Å²) in [6.45, 7) is 2.03. The van der Waals surface area contributed by atoms with Crippen LogP contribution in [0.1, 0.15) is 35.7 Å². The molecule has 0 bridgehead atoms. The van der Waals surface area contributed by atoms with Gasteiger partial charge in [0.2, 0.25) is 0 Å². The van der Waals surface area contributed by atoms with Gasteiger partial charge in [0, 0.05) is 5.56 Å². The molecule has 0 atom stereocenters. The third kappa shape index (κ3) is 4.65. The van der Waals surface area contributed by atoms with Crippen LogP contribution in [0.25, 0.3) is 0 Å². The fourth-order valence-electron chi connectivity index (χ4n) is 1.35. The first-order valence-corrected chi connectivity index (χ1v) is 4.68. The van der Waals surface area contributed by atoms with E-state index in [9.17, 15) is 15.0 Å². The topological polar surface area (TPSA) is 60.4 Å². The van der Waals surface area contributed by atoms with Crippen LogP contribution in [0.5, 0.6) is 5.75 Å². The molecule has 0 heterocycles. The predicted molar refractivity (Wildman–Crippen MR) is 51.0 cm³/mol. The van der Waals surface area contributed by atoms with Gasteiger partial charge in [0.25, 0.3) is 0 Å². The molecule has 0 saturated carbocycles. The fourth-order valence-corrected chi connectivity index (χ4v) is 1.35. The molecule has 0 spiro atoms. The summed E-state index contributed by atoms with van der Waals surface area (Å²) in [7, 11) is 0. The maximum Gasteiger partial charge on any atom is 1.00 e. The van der Waals surface area contributed by atoms with Gasteiger partial charge in [-0.15, -0.1) is 0 Å². The minimum Gasteiger partial charge on any atom is -0.545 e. The third-order valence-corrected chi connectivity index (χ3v) is 2.11. The first-order chi connectivity index (χ1) is 6.65. The van der Waals surface area contributed by atoms with Gasteiger partial charge in [-0.25, -0.2) is 0 Å². The van der Waals surface area contributed by atoms with Crippen LogP contribution >= 0.6 is 0 Å². The second-order valence-electron chi connectivity index (χ2n) is 3.23. The zero-order chi connectivity index (χ0) is 10.6. The molecule has 0 aliphatic carbocycles. The number of benzene rings is 1. The normalized spacial score (nSPS) is 9.40. The van der Waals surface area contributed by atoms with Crippen molar-refractivity contribution in [2.75, 3.05) is 0 Å². The van der Waals surface area contributed by atoms with Crippen molar-refractivity contribution >= 4 is 5.97 Å². The van der Waals surface area contributed by atoms with Crippen LogP contribution in [0, 0.1) is 0 Å². The smallest absolute Gasteiger partial charge is 0.545 e. The number of aromatic hydroxyl groups is 1. The van der Waals surface area contributed by atoms with E-state index in [1.54, 1.807) is 0 Å². The zero-order valence-electron chi connectivity index (χ0n) is 9.12. The molecule has 0 amide bonds. The fraction of sp³-hybridized carbons (Fsp3) is 0.364. The number of hydrogen-bond donors (Lipinski definition) is 1. The summed E-state index contributed by atoms with van der Waals surface area (Å²) < 4.78 is 0. The molecule has 1 aromatic carbocycles. The number of unbranched alkanes of at least 4 members (excludes halogenated alkanes) is 1. The van der Waals surface area contributed by atoms with E-state index in [4.69, 9.17) is 0 Å². The molecule has 0 aliphatic heterocycles. The van der Waals surface area contributed by atoms with E-state index in [-0.39, 0.29) is 62.7 Å². The summed E-state index contributed by atoms with van der Waals surface area (Å²) in [5.74, 6) is -1.09. The van der Waals surface area contributed by atoms with Crippen molar-refractivity contribution in [2.45, 2.75) is 26.2 Å². The number of carbonyl (C=O) groups is 1. The molecular formula is C11H13KO3. The summed E-state index contributed by atoms with van der Waals surface area (Å²) in [6, 6.07) is 4.23. The van der Waals surface area contributed by atoms with Crippen molar-refractivity contribution < 1.29 is 66.4 Å². The molecule has 15 heavy (non-hydrogen) atoms. The molecule has 0 unspecified atom stereocenters. The second kappa shape index (κ2) is 7.41. The summed E-state index contributed by atoms with van der Waals surface area (Å²) in [5, 5.41) is 19.9. The summed E-state index contributed by atoms with van der Waals surface area (Å²) in [5.41, 5.74) is 0.822. The van der Waals surface area contributed by atoms with Crippen molar-refractivity contribution in [3.05, 3.63) is 29.3 Å². The Morgan fingerprint density at radius 1 is 1.47 bits per heavy atom. The first-order valence-electron chi connectivity index (χ1n) is 4.68. The minimum atomic E-state index is -1.18. The Kier molecular flexibility index (Phi) is 7.47. The van der Waals surface area contributed by atoms with Gasteiger partial charge in [0.05, 0.1) is 5.97 Å². The number of carboxylic acids is 1. The van der Waals surface area contributed by atoms with E-state index in [1.165, 1.54) is 18.2 Å². The van der Waals surface area contributed by atoms with Gasteiger partial charge in [0.1, 0.15) is 5.75 Å². The second-order valence-corrected chi connectivity index (χ2v) is 3.23. The molecule has 1 aromatic rings. The molecule has 0 fully saturated rings. The van der Waals surface area contributed by atoms with Crippen molar-refractivity contribution in [3.63, 3.8) is 0 Å². The number of rotatable bonds is 4. The Morgan fingerprint density at radius 2 is 2.13 bits per heavy atom. The number of carboxylic acid groups (broad SMARTS) is 1. The minimum absolute atomic E-state index is 0. The quantitative estimate of drug-likeness (QED) is 0.617. The van der Waals surface area contributed by atoms with Crippen molar-refractivity contribution in [3.8, 4) is 5.75 Å². The molecule has 0 saturated heterocycles. The molecule has 3 nitrogen and oxygen atoms in total. The van der Waals surface area contributed by atoms with Crippen LogP contribution in [0.15, 0.2) is 18.2 Å². The SMILES string of the molecule is CCCCc1cc(O)ccc1C(=O)[O-].[K+]. The van der Waals surface area contributed by atoms with Crippen molar-refractivity contribution in [1.29, 1.82) is 0 Å². The van der Waals surface area contributed by atoms with E-state index in [0.29, 0.717) is 12.0 Å². The van der Waals surface area contributed by atoms with E-state index in [0.717, 1.165) is 12.8 Å². The summed E-state index contributed by atoms with van der Waals surface area (Å²) in [4.78, 5) is 10.7. The van der Waals surface area contributed by atoms with Gasteiger partial charge in [-0.2, -0.15) is 0 Å². The Morgan fingerprint density at radius 3 is 2.67 bits per heavy atom. The van der Waals surface area contributed by atoms with Crippen molar-refractivity contribution in [2.24, 2.45) is 0 Å².